The van der Waals surface area contributed by atoms with Gasteiger partial charge in [0.05, 0.1) is 12.7 Å². The monoisotopic (exact) mass is 256 g/mol. The van der Waals surface area contributed by atoms with Crippen molar-refractivity contribution in [1.82, 2.24) is 0 Å². The summed E-state index contributed by atoms with van der Waals surface area (Å²) in [5.74, 6) is 0.359. The Kier molecular flexibility index (Phi) is 3.71. The van der Waals surface area contributed by atoms with E-state index in [9.17, 15) is 4.79 Å². The smallest absolute Gasteiger partial charge is 0.261 e. The van der Waals surface area contributed by atoms with Crippen LogP contribution in [-0.4, -0.2) is 20.1 Å². The van der Waals surface area contributed by atoms with Crippen LogP contribution < -0.4 is 15.4 Å². The highest BCUT2D eigenvalue weighted by atomic mass is 16.5. The van der Waals surface area contributed by atoms with Gasteiger partial charge in [0.2, 0.25) is 0 Å². The SMILES string of the molecule is COc1ccc(N)cc1C(=O)N(C)c1ccccc1. The molecule has 2 N–H and O–H groups in total. The van der Waals surface area contributed by atoms with Gasteiger partial charge in [-0.1, -0.05) is 18.2 Å². The molecule has 2 rings (SSSR count). The van der Waals surface area contributed by atoms with Crippen LogP contribution in [0.1, 0.15) is 10.4 Å². The molecule has 1 amide bonds. The summed E-state index contributed by atoms with van der Waals surface area (Å²) in [7, 11) is 3.26. The zero-order valence-electron chi connectivity index (χ0n) is 11.0. The van der Waals surface area contributed by atoms with Crippen molar-refractivity contribution in [2.75, 3.05) is 24.8 Å². The van der Waals surface area contributed by atoms with Gasteiger partial charge in [-0.15, -0.1) is 0 Å². The first kappa shape index (κ1) is 13.0. The van der Waals surface area contributed by atoms with Crippen LogP contribution in [0.3, 0.4) is 0 Å². The second kappa shape index (κ2) is 5.44. The Balaban J connectivity index is 2.37. The molecule has 98 valence electrons. The van der Waals surface area contributed by atoms with E-state index in [1.165, 1.54) is 7.11 Å². The lowest BCUT2D eigenvalue weighted by Crippen LogP contribution is -2.26. The Morgan fingerprint density at radius 3 is 2.47 bits per heavy atom. The van der Waals surface area contributed by atoms with Crippen molar-refractivity contribution >= 4 is 17.3 Å². The highest BCUT2D eigenvalue weighted by Gasteiger charge is 2.17. The molecule has 0 aliphatic carbocycles. The summed E-state index contributed by atoms with van der Waals surface area (Å²) in [4.78, 5) is 14.0. The number of hydrogen-bond acceptors (Lipinski definition) is 3. The molecule has 0 bridgehead atoms. The summed E-state index contributed by atoms with van der Waals surface area (Å²) < 4.78 is 5.20. The van der Waals surface area contributed by atoms with Crippen molar-refractivity contribution in [3.05, 3.63) is 54.1 Å². The van der Waals surface area contributed by atoms with Crippen LogP contribution in [0.2, 0.25) is 0 Å². The molecule has 0 aliphatic heterocycles. The van der Waals surface area contributed by atoms with Gasteiger partial charge in [-0.3, -0.25) is 4.79 Å². The molecule has 0 saturated heterocycles. The van der Waals surface area contributed by atoms with Gasteiger partial charge < -0.3 is 15.4 Å². The van der Waals surface area contributed by atoms with E-state index < -0.39 is 0 Å². The van der Waals surface area contributed by atoms with Crippen LogP contribution in [-0.2, 0) is 0 Å². The highest BCUT2D eigenvalue weighted by Crippen LogP contribution is 2.24. The second-order valence-electron chi connectivity index (χ2n) is 4.16. The Morgan fingerprint density at radius 1 is 1.16 bits per heavy atom. The van der Waals surface area contributed by atoms with Gasteiger partial charge in [0.1, 0.15) is 5.75 Å². The first-order valence-corrected chi connectivity index (χ1v) is 5.90. The van der Waals surface area contributed by atoms with E-state index in [0.29, 0.717) is 17.0 Å². The van der Waals surface area contributed by atoms with E-state index in [1.807, 2.05) is 30.3 Å². The molecule has 0 unspecified atom stereocenters. The normalized spacial score (nSPS) is 10.0. The van der Waals surface area contributed by atoms with Crippen molar-refractivity contribution < 1.29 is 9.53 Å². The van der Waals surface area contributed by atoms with Crippen LogP contribution in [0.25, 0.3) is 0 Å². The van der Waals surface area contributed by atoms with E-state index in [-0.39, 0.29) is 5.91 Å². The highest BCUT2D eigenvalue weighted by molar-refractivity contribution is 6.08. The van der Waals surface area contributed by atoms with Crippen LogP contribution >= 0.6 is 0 Å². The topological polar surface area (TPSA) is 55.6 Å². The summed E-state index contributed by atoms with van der Waals surface area (Å²) in [5.41, 5.74) is 7.53. The van der Waals surface area contributed by atoms with Crippen LogP contribution in [0.4, 0.5) is 11.4 Å². The number of carbonyl (C=O) groups is 1. The number of methoxy groups -OCH3 is 1. The lowest BCUT2D eigenvalue weighted by molar-refractivity contribution is 0.0990. The fourth-order valence-electron chi connectivity index (χ4n) is 1.84. The molecule has 0 saturated carbocycles. The van der Waals surface area contributed by atoms with Crippen LogP contribution in [0.15, 0.2) is 48.5 Å². The summed E-state index contributed by atoms with van der Waals surface area (Å²) in [6.45, 7) is 0. The third kappa shape index (κ3) is 2.68. The molecule has 2 aromatic carbocycles. The average Bonchev–Trinajstić information content (AvgIpc) is 2.46. The number of amides is 1. The lowest BCUT2D eigenvalue weighted by atomic mass is 10.1. The zero-order chi connectivity index (χ0) is 13.8. The summed E-state index contributed by atoms with van der Waals surface area (Å²) in [5, 5.41) is 0. The zero-order valence-corrected chi connectivity index (χ0v) is 11.0. The Morgan fingerprint density at radius 2 is 1.84 bits per heavy atom. The minimum Gasteiger partial charge on any atom is -0.496 e. The third-order valence-electron chi connectivity index (χ3n) is 2.90. The fourth-order valence-corrected chi connectivity index (χ4v) is 1.84. The molecule has 0 atom stereocenters. The molecule has 0 aromatic heterocycles. The third-order valence-corrected chi connectivity index (χ3v) is 2.90. The maximum absolute atomic E-state index is 12.5. The van der Waals surface area contributed by atoms with Crippen molar-refractivity contribution in [3.8, 4) is 5.75 Å². The number of anilines is 2. The molecule has 0 radical (unpaired) electrons. The van der Waals surface area contributed by atoms with Gasteiger partial charge in [-0.2, -0.15) is 0 Å². The molecule has 0 heterocycles. The average molecular weight is 256 g/mol. The number of benzene rings is 2. The summed E-state index contributed by atoms with van der Waals surface area (Å²) in [6.07, 6.45) is 0. The maximum atomic E-state index is 12.5. The summed E-state index contributed by atoms with van der Waals surface area (Å²) >= 11 is 0. The van der Waals surface area contributed by atoms with Crippen molar-refractivity contribution in [1.29, 1.82) is 0 Å². The predicted molar refractivity (Wildman–Crippen MR) is 76.6 cm³/mol. The van der Waals surface area contributed by atoms with Gasteiger partial charge in [0.15, 0.2) is 0 Å². The minimum atomic E-state index is -0.157. The van der Waals surface area contributed by atoms with E-state index in [1.54, 1.807) is 30.1 Å². The molecular weight excluding hydrogens is 240 g/mol. The van der Waals surface area contributed by atoms with Crippen LogP contribution in [0, 0.1) is 0 Å². The Bertz CT molecular complexity index is 582. The molecule has 0 spiro atoms. The second-order valence-corrected chi connectivity index (χ2v) is 4.16. The first-order valence-electron chi connectivity index (χ1n) is 5.90. The van der Waals surface area contributed by atoms with E-state index >= 15 is 0 Å². The number of rotatable bonds is 3. The van der Waals surface area contributed by atoms with Crippen molar-refractivity contribution in [2.24, 2.45) is 0 Å². The van der Waals surface area contributed by atoms with E-state index in [0.717, 1.165) is 5.69 Å². The van der Waals surface area contributed by atoms with E-state index in [4.69, 9.17) is 10.5 Å². The lowest BCUT2D eigenvalue weighted by Gasteiger charge is -2.19. The van der Waals surface area contributed by atoms with Gasteiger partial charge in [-0.05, 0) is 30.3 Å². The first-order chi connectivity index (χ1) is 9.13. The molecule has 19 heavy (non-hydrogen) atoms. The largest absolute Gasteiger partial charge is 0.496 e. The van der Waals surface area contributed by atoms with Crippen molar-refractivity contribution in [2.45, 2.75) is 0 Å². The molecular formula is C15H16N2O2. The fraction of sp³-hybridized carbons (Fsp3) is 0.133. The molecule has 2 aromatic rings. The standard InChI is InChI=1S/C15H16N2O2/c1-17(12-6-4-3-5-7-12)15(18)13-10-11(16)8-9-14(13)19-2/h3-10H,16H2,1-2H3. The van der Waals surface area contributed by atoms with Crippen molar-refractivity contribution in [3.63, 3.8) is 0 Å². The van der Waals surface area contributed by atoms with Gasteiger partial charge in [0.25, 0.3) is 5.91 Å². The number of para-hydroxylation sites is 1. The van der Waals surface area contributed by atoms with Gasteiger partial charge in [0, 0.05) is 18.4 Å². The molecule has 4 nitrogen and oxygen atoms in total. The van der Waals surface area contributed by atoms with Crippen LogP contribution in [0.5, 0.6) is 5.75 Å². The van der Waals surface area contributed by atoms with E-state index in [2.05, 4.69) is 0 Å². The number of nitrogens with zero attached hydrogens (tertiary/aromatic N) is 1. The molecule has 0 aliphatic rings. The predicted octanol–water partition coefficient (Wildman–Crippen LogP) is 2.55. The molecule has 4 heteroatoms. The van der Waals surface area contributed by atoms with Gasteiger partial charge >= 0.3 is 0 Å². The number of nitrogen functional groups attached to an aromatic ring is 1. The summed E-state index contributed by atoms with van der Waals surface area (Å²) in [6, 6.07) is 14.4. The number of carbonyl (C=O) groups excluding carboxylic acids is 1. The number of nitrogens with two attached hydrogens (primary N) is 1. The quantitative estimate of drug-likeness (QED) is 0.859. The number of hydrogen-bond donors (Lipinski definition) is 1. The maximum Gasteiger partial charge on any atom is 0.261 e. The Hall–Kier alpha value is -2.49. The molecule has 0 fully saturated rings. The minimum absolute atomic E-state index is 0.157. The number of ether oxygens (including phenoxy) is 1. The Labute approximate surface area is 112 Å². The van der Waals surface area contributed by atoms with Gasteiger partial charge in [-0.25, -0.2) is 0 Å².